The molecule has 14 heteroatoms. The largest absolute Gasteiger partial charge is 0.487 e. The number of nitrogens with two attached hydrogens (primary N) is 1. The zero-order valence-electron chi connectivity index (χ0n) is 27.5. The first-order chi connectivity index (χ1) is 23.7. The molecule has 5 N–H and O–H groups in total. The molecule has 4 amide bonds. The average Bonchev–Trinajstić information content (AvgIpc) is 3.64. The van der Waals surface area contributed by atoms with E-state index in [1.165, 1.54) is 34.1 Å². The normalized spacial score (nSPS) is 17.8. The van der Waals surface area contributed by atoms with Crippen molar-refractivity contribution in [2.45, 2.75) is 44.9 Å². The summed E-state index contributed by atoms with van der Waals surface area (Å²) in [5, 5.41) is 13.6. The van der Waals surface area contributed by atoms with Crippen molar-refractivity contribution in [1.29, 1.82) is 0 Å². The van der Waals surface area contributed by atoms with Gasteiger partial charge in [-0.3, -0.25) is 24.3 Å². The summed E-state index contributed by atoms with van der Waals surface area (Å²) in [6.45, 7) is 5.79. The number of benzene rings is 3. The van der Waals surface area contributed by atoms with Crippen LogP contribution in [0.2, 0.25) is 5.02 Å². The number of ketones is 1. The summed E-state index contributed by atoms with van der Waals surface area (Å²) in [6.07, 6.45) is 1.28. The molecule has 3 heterocycles. The van der Waals surface area contributed by atoms with Crippen molar-refractivity contribution in [3.63, 3.8) is 0 Å². The van der Waals surface area contributed by atoms with Crippen molar-refractivity contribution in [2.75, 3.05) is 19.6 Å². The Bertz CT molecular complexity index is 2070. The third kappa shape index (κ3) is 6.90. The van der Waals surface area contributed by atoms with E-state index in [4.69, 9.17) is 27.1 Å². The molecule has 1 fully saturated rings. The Labute approximate surface area is 292 Å². The van der Waals surface area contributed by atoms with E-state index in [0.29, 0.717) is 21.7 Å². The first-order valence-corrected chi connectivity index (χ1v) is 16.3. The van der Waals surface area contributed by atoms with E-state index in [1.807, 2.05) is 26.8 Å². The van der Waals surface area contributed by atoms with Crippen LogP contribution in [-0.2, 0) is 9.59 Å². The lowest BCUT2D eigenvalue weighted by Gasteiger charge is -2.36. The molecule has 0 aliphatic carbocycles. The molecule has 2 aliphatic rings. The van der Waals surface area contributed by atoms with Crippen LogP contribution in [0.5, 0.6) is 5.75 Å². The smallest absolute Gasteiger partial charge is 0.335 e. The summed E-state index contributed by atoms with van der Waals surface area (Å²) < 4.78 is 6.37. The maximum atomic E-state index is 14.8. The van der Waals surface area contributed by atoms with Gasteiger partial charge >= 0.3 is 12.0 Å². The molecule has 258 valence electrons. The second-order valence-corrected chi connectivity index (χ2v) is 13.6. The summed E-state index contributed by atoms with van der Waals surface area (Å²) >= 11 is 6.47. The lowest BCUT2D eigenvalue weighted by Crippen LogP contribution is -2.55. The second-order valence-electron chi connectivity index (χ2n) is 13.1. The number of carbonyl (C=O) groups is 5. The molecule has 0 saturated carbocycles. The van der Waals surface area contributed by atoms with Crippen molar-refractivity contribution >= 4 is 57.9 Å². The third-order valence-electron chi connectivity index (χ3n) is 8.37. The van der Waals surface area contributed by atoms with E-state index in [2.05, 4.69) is 10.3 Å². The maximum absolute atomic E-state index is 14.8. The molecule has 0 radical (unpaired) electrons. The van der Waals surface area contributed by atoms with Crippen LogP contribution in [-0.4, -0.2) is 80.6 Å². The molecule has 1 aromatic heterocycles. The Morgan fingerprint density at radius 1 is 1.04 bits per heavy atom. The number of H-pyrrole nitrogens is 1. The number of aromatic nitrogens is 1. The highest BCUT2D eigenvalue weighted by atomic mass is 35.5. The minimum absolute atomic E-state index is 0.0794. The van der Waals surface area contributed by atoms with Gasteiger partial charge in [0.2, 0.25) is 11.8 Å². The number of carboxylic acids is 1. The van der Waals surface area contributed by atoms with Crippen molar-refractivity contribution in [2.24, 2.45) is 10.7 Å². The van der Waals surface area contributed by atoms with Gasteiger partial charge in [0, 0.05) is 46.3 Å². The topological polar surface area (TPSA) is 187 Å². The van der Waals surface area contributed by atoms with E-state index in [0.717, 1.165) is 10.9 Å². The maximum Gasteiger partial charge on any atom is 0.335 e. The predicted octanol–water partition coefficient (Wildman–Crippen LogP) is 4.85. The molecule has 3 aromatic carbocycles. The number of fused-ring (bicyclic) bond motifs is 1. The van der Waals surface area contributed by atoms with E-state index < -0.39 is 47.8 Å². The van der Waals surface area contributed by atoms with Crippen LogP contribution in [0.1, 0.15) is 76.7 Å². The highest BCUT2D eigenvalue weighted by molar-refractivity contribution is 6.31. The Hall–Kier alpha value is -5.69. The summed E-state index contributed by atoms with van der Waals surface area (Å²) in [4.78, 5) is 74.9. The number of hydrogen-bond acceptors (Lipinski definition) is 7. The number of urea groups is 1. The van der Waals surface area contributed by atoms with Gasteiger partial charge in [-0.2, -0.15) is 0 Å². The van der Waals surface area contributed by atoms with Crippen molar-refractivity contribution in [3.8, 4) is 5.75 Å². The molecule has 0 spiro atoms. The third-order valence-corrected chi connectivity index (χ3v) is 8.61. The van der Waals surface area contributed by atoms with Crippen LogP contribution in [0.15, 0.2) is 71.9 Å². The number of amidine groups is 1. The van der Waals surface area contributed by atoms with Crippen molar-refractivity contribution in [3.05, 3.63) is 99.7 Å². The quantitative estimate of drug-likeness (QED) is 0.149. The summed E-state index contributed by atoms with van der Waals surface area (Å²) in [7, 11) is 0. The van der Waals surface area contributed by atoms with Gasteiger partial charge in [-0.1, -0.05) is 29.8 Å². The lowest BCUT2D eigenvalue weighted by molar-refractivity contribution is -0.123. The van der Waals surface area contributed by atoms with E-state index in [-0.39, 0.29) is 48.3 Å². The van der Waals surface area contributed by atoms with Crippen LogP contribution >= 0.6 is 11.6 Å². The number of rotatable bonds is 8. The van der Waals surface area contributed by atoms with Gasteiger partial charge in [0.05, 0.1) is 23.6 Å². The Morgan fingerprint density at radius 3 is 2.42 bits per heavy atom. The van der Waals surface area contributed by atoms with Crippen LogP contribution < -0.4 is 15.8 Å². The molecule has 50 heavy (non-hydrogen) atoms. The zero-order chi connectivity index (χ0) is 35.9. The molecule has 0 unspecified atom stereocenters. The molecule has 1 saturated heterocycles. The molecular weight excluding hydrogens is 664 g/mol. The van der Waals surface area contributed by atoms with Crippen molar-refractivity contribution < 1.29 is 33.8 Å². The Morgan fingerprint density at radius 2 is 1.76 bits per heavy atom. The highest BCUT2D eigenvalue weighted by Gasteiger charge is 2.46. The SMILES string of the molecule is CC(C)(C)Oc1cc(C(=O)CC(N)=O)ccc1C1=N[C@@H](c2ccc(C(=O)O)cc2)[C@@H](c2c[nH]c3ccc(Cl)cc23)N1C(=O)N1CCNC(=O)C1. The summed E-state index contributed by atoms with van der Waals surface area (Å²) in [5.41, 5.74) is 7.23. The number of ether oxygens (including phenoxy) is 1. The van der Waals surface area contributed by atoms with Crippen LogP contribution in [0.25, 0.3) is 10.9 Å². The van der Waals surface area contributed by atoms with Gasteiger partial charge in [-0.25, -0.2) is 9.59 Å². The number of aromatic carboxylic acids is 1. The minimum Gasteiger partial charge on any atom is -0.487 e. The number of amides is 4. The highest BCUT2D eigenvalue weighted by Crippen LogP contribution is 2.47. The number of halogens is 1. The van der Waals surface area contributed by atoms with Gasteiger partial charge in [-0.05, 0) is 68.8 Å². The Kier molecular flexibility index (Phi) is 9.10. The minimum atomic E-state index is -1.09. The van der Waals surface area contributed by atoms with Gasteiger partial charge in [0.25, 0.3) is 0 Å². The second kappa shape index (κ2) is 13.3. The number of nitrogens with one attached hydrogen (secondary N) is 2. The number of carbonyl (C=O) groups excluding carboxylic acids is 4. The average molecular weight is 699 g/mol. The molecule has 4 aromatic rings. The molecule has 0 bridgehead atoms. The van der Waals surface area contributed by atoms with E-state index in [1.54, 1.807) is 36.5 Å². The fourth-order valence-corrected chi connectivity index (χ4v) is 6.38. The fraction of sp³-hybridized carbons (Fsp3) is 0.278. The molecule has 2 atom stereocenters. The lowest BCUT2D eigenvalue weighted by atomic mass is 9.92. The van der Waals surface area contributed by atoms with Crippen molar-refractivity contribution in [1.82, 2.24) is 20.1 Å². The number of Topliss-reactive ketones (excluding diaryl/α,β-unsaturated/α-hetero) is 1. The van der Waals surface area contributed by atoms with Gasteiger partial charge in [-0.15, -0.1) is 0 Å². The van der Waals surface area contributed by atoms with Gasteiger partial charge < -0.3 is 30.8 Å². The fourth-order valence-electron chi connectivity index (χ4n) is 6.20. The van der Waals surface area contributed by atoms with Crippen LogP contribution in [0.4, 0.5) is 4.79 Å². The molecule has 13 nitrogen and oxygen atoms in total. The standard InChI is InChI=1S/C36H35ClN6O7/c1-36(2,3)50-28-14-21(27(44)16-29(38)45)8-10-23(28)33-41-31(19-4-6-20(7-5-19)34(47)48)32(25-17-40-26-11-9-22(37)15-24(25)26)43(33)35(49)42-13-12-39-30(46)18-42/h4-11,14-15,17,31-32,40H,12-13,16,18H2,1-3H3,(H2,38,45)(H,39,46)(H,47,48)/t31-,32+/m0/s1. The summed E-state index contributed by atoms with van der Waals surface area (Å²) in [5.74, 6) is -2.27. The number of aliphatic imine (C=N–C) groups is 1. The molecule has 2 aliphatic heterocycles. The first-order valence-electron chi connectivity index (χ1n) is 15.9. The molecule has 6 rings (SSSR count). The van der Waals surface area contributed by atoms with E-state index in [9.17, 15) is 29.1 Å². The van der Waals surface area contributed by atoms with Crippen LogP contribution in [0.3, 0.4) is 0 Å². The van der Waals surface area contributed by atoms with E-state index >= 15 is 0 Å². The van der Waals surface area contributed by atoms with Gasteiger partial charge in [0.1, 0.15) is 29.8 Å². The monoisotopic (exact) mass is 698 g/mol. The number of hydrogen-bond donors (Lipinski definition) is 4. The summed E-state index contributed by atoms with van der Waals surface area (Å²) in [6, 6.07) is 14.2. The zero-order valence-corrected chi connectivity index (χ0v) is 28.3. The number of piperazine rings is 1. The number of aromatic amines is 1. The van der Waals surface area contributed by atoms with Gasteiger partial charge in [0.15, 0.2) is 5.78 Å². The van der Waals surface area contributed by atoms with Crippen LogP contribution in [0, 0.1) is 0 Å². The number of primary amides is 1. The Balaban J connectivity index is 1.60. The predicted molar refractivity (Wildman–Crippen MR) is 186 cm³/mol. The number of nitrogens with zero attached hydrogens (tertiary/aromatic N) is 3. The molecular formula is C36H35ClN6O7. The number of carboxylic acid groups (broad SMARTS) is 1. The first kappa shape index (κ1) is 34.2.